The number of nitrogens with one attached hydrogen (secondary N) is 3. The number of hydrogen-bond donors (Lipinski definition) is 3. The van der Waals surface area contributed by atoms with Gasteiger partial charge in [-0.15, -0.1) is 0 Å². The second-order valence-corrected chi connectivity index (χ2v) is 4.96. The van der Waals surface area contributed by atoms with Crippen LogP contribution in [0.5, 0.6) is 0 Å². The summed E-state index contributed by atoms with van der Waals surface area (Å²) in [5, 5.41) is 8.02. The van der Waals surface area contributed by atoms with Gasteiger partial charge in [-0.1, -0.05) is 6.92 Å². The molecule has 0 saturated carbocycles. The molecule has 1 fully saturated rings. The molecule has 0 aromatic rings. The normalized spacial score (nSPS) is 16.4. The van der Waals surface area contributed by atoms with E-state index in [1.165, 1.54) is 19.9 Å². The summed E-state index contributed by atoms with van der Waals surface area (Å²) in [5.74, 6) is 0.506. The third-order valence-corrected chi connectivity index (χ3v) is 3.56. The Labute approximate surface area is 115 Å². The third kappa shape index (κ3) is 6.54. The Balaban J connectivity index is 2.23. The molecule has 6 heteroatoms. The largest absolute Gasteiger partial charge is 0.341 e. The summed E-state index contributed by atoms with van der Waals surface area (Å²) >= 11 is 0. The van der Waals surface area contributed by atoms with Crippen LogP contribution < -0.4 is 16.0 Å². The smallest absolute Gasteiger partial charge is 0.321 e. The van der Waals surface area contributed by atoms with Crippen LogP contribution in [-0.4, -0.2) is 56.6 Å². The van der Waals surface area contributed by atoms with E-state index in [1.54, 1.807) is 0 Å². The Morgan fingerprint density at radius 1 is 1.32 bits per heavy atom. The van der Waals surface area contributed by atoms with Gasteiger partial charge in [0, 0.05) is 26.6 Å². The van der Waals surface area contributed by atoms with Crippen LogP contribution in [0.2, 0.25) is 0 Å². The molecule has 0 bridgehead atoms. The van der Waals surface area contributed by atoms with Gasteiger partial charge in [0.25, 0.3) is 0 Å². The third-order valence-electron chi connectivity index (χ3n) is 3.56. The molecule has 1 heterocycles. The summed E-state index contributed by atoms with van der Waals surface area (Å²) in [6.07, 6.45) is 2.79. The molecule has 0 aromatic heterocycles. The zero-order valence-corrected chi connectivity index (χ0v) is 12.0. The van der Waals surface area contributed by atoms with Crippen molar-refractivity contribution in [3.8, 4) is 0 Å². The highest BCUT2D eigenvalue weighted by atomic mass is 16.2. The van der Waals surface area contributed by atoms with Gasteiger partial charge in [0.05, 0.1) is 0 Å². The fraction of sp³-hybridized carbons (Fsp3) is 0.846. The first-order valence-electron chi connectivity index (χ1n) is 7.10. The lowest BCUT2D eigenvalue weighted by molar-refractivity contribution is -0.120. The summed E-state index contributed by atoms with van der Waals surface area (Å²) in [6.45, 7) is 7.00. The van der Waals surface area contributed by atoms with Crippen LogP contribution in [0.4, 0.5) is 4.79 Å². The van der Waals surface area contributed by atoms with Gasteiger partial charge in [0.2, 0.25) is 5.91 Å². The van der Waals surface area contributed by atoms with Crippen LogP contribution in [0, 0.1) is 5.92 Å². The monoisotopic (exact) mass is 270 g/mol. The zero-order valence-electron chi connectivity index (χ0n) is 12.0. The Bertz CT molecular complexity index is 290. The number of rotatable bonds is 6. The molecule has 0 aromatic carbocycles. The molecule has 0 spiro atoms. The number of carbonyl (C=O) groups excluding carboxylic acids is 2. The second kappa shape index (κ2) is 8.87. The van der Waals surface area contributed by atoms with E-state index >= 15 is 0 Å². The number of piperidine rings is 1. The molecule has 0 radical (unpaired) electrons. The maximum atomic E-state index is 11.5. The highest BCUT2D eigenvalue weighted by Gasteiger charge is 2.17. The maximum Gasteiger partial charge on any atom is 0.321 e. The van der Waals surface area contributed by atoms with Crippen LogP contribution in [0.1, 0.15) is 26.2 Å². The van der Waals surface area contributed by atoms with Crippen LogP contribution in [0.15, 0.2) is 0 Å². The summed E-state index contributed by atoms with van der Waals surface area (Å²) in [6, 6.07) is -0.439. The minimum absolute atomic E-state index is 0.219. The topological polar surface area (TPSA) is 73.5 Å². The molecule has 1 saturated heterocycles. The van der Waals surface area contributed by atoms with E-state index in [4.69, 9.17) is 0 Å². The maximum absolute atomic E-state index is 11.5. The number of carbonyl (C=O) groups is 2. The molecular weight excluding hydrogens is 244 g/mol. The van der Waals surface area contributed by atoms with E-state index in [1.807, 2.05) is 0 Å². The minimum Gasteiger partial charge on any atom is -0.341 e. The standard InChI is InChI=1S/C13H26N4O2/c1-3-17(10-11-4-7-15-8-5-11)9-6-12(18)16-13(19)14-2/h11,15H,3-10H2,1-2H3,(H2,14,16,18,19). The van der Waals surface area contributed by atoms with Crippen molar-refractivity contribution in [1.82, 2.24) is 20.9 Å². The molecule has 0 aliphatic carbocycles. The Kier molecular flexibility index (Phi) is 7.43. The van der Waals surface area contributed by atoms with Gasteiger partial charge < -0.3 is 15.5 Å². The molecule has 0 atom stereocenters. The van der Waals surface area contributed by atoms with Gasteiger partial charge in [-0.2, -0.15) is 0 Å². The van der Waals surface area contributed by atoms with Gasteiger partial charge in [-0.05, 0) is 38.4 Å². The van der Waals surface area contributed by atoms with Crippen LogP contribution in [0.25, 0.3) is 0 Å². The van der Waals surface area contributed by atoms with E-state index in [9.17, 15) is 9.59 Å². The highest BCUT2D eigenvalue weighted by molar-refractivity contribution is 5.94. The predicted molar refractivity (Wildman–Crippen MR) is 74.9 cm³/mol. The van der Waals surface area contributed by atoms with Crippen molar-refractivity contribution in [1.29, 1.82) is 0 Å². The first-order valence-corrected chi connectivity index (χ1v) is 7.10. The lowest BCUT2D eigenvalue weighted by Crippen LogP contribution is -2.40. The van der Waals surface area contributed by atoms with E-state index < -0.39 is 6.03 Å². The fourth-order valence-electron chi connectivity index (χ4n) is 2.32. The molecule has 19 heavy (non-hydrogen) atoms. The second-order valence-electron chi connectivity index (χ2n) is 4.96. The number of imide groups is 1. The molecular formula is C13H26N4O2. The van der Waals surface area contributed by atoms with Crippen molar-refractivity contribution >= 4 is 11.9 Å². The van der Waals surface area contributed by atoms with Gasteiger partial charge in [0.1, 0.15) is 0 Å². The van der Waals surface area contributed by atoms with E-state index in [0.717, 1.165) is 32.1 Å². The van der Waals surface area contributed by atoms with Crippen molar-refractivity contribution in [3.63, 3.8) is 0 Å². The Morgan fingerprint density at radius 2 is 2.00 bits per heavy atom. The summed E-state index contributed by atoms with van der Waals surface area (Å²) in [4.78, 5) is 24.8. The molecule has 6 nitrogen and oxygen atoms in total. The molecule has 1 aliphatic rings. The van der Waals surface area contributed by atoms with Gasteiger partial charge in [-0.3, -0.25) is 10.1 Å². The van der Waals surface area contributed by atoms with Crippen molar-refractivity contribution in [2.45, 2.75) is 26.2 Å². The zero-order chi connectivity index (χ0) is 14.1. The van der Waals surface area contributed by atoms with Crippen molar-refractivity contribution in [2.24, 2.45) is 5.92 Å². The number of nitrogens with zero attached hydrogens (tertiary/aromatic N) is 1. The fourth-order valence-corrected chi connectivity index (χ4v) is 2.32. The SMILES string of the molecule is CCN(CCC(=O)NC(=O)NC)CC1CCNCC1. The van der Waals surface area contributed by atoms with Crippen LogP contribution >= 0.6 is 0 Å². The average Bonchev–Trinajstić information content (AvgIpc) is 2.44. The number of urea groups is 1. The minimum atomic E-state index is -0.439. The average molecular weight is 270 g/mol. The van der Waals surface area contributed by atoms with Gasteiger partial charge in [-0.25, -0.2) is 4.79 Å². The Morgan fingerprint density at radius 3 is 2.58 bits per heavy atom. The van der Waals surface area contributed by atoms with E-state index in [2.05, 4.69) is 27.8 Å². The summed E-state index contributed by atoms with van der Waals surface area (Å²) < 4.78 is 0. The van der Waals surface area contributed by atoms with Gasteiger partial charge >= 0.3 is 6.03 Å². The quantitative estimate of drug-likeness (QED) is 0.642. The predicted octanol–water partition coefficient (Wildman–Crippen LogP) is 0.154. The lowest BCUT2D eigenvalue weighted by Gasteiger charge is -2.29. The molecule has 3 N–H and O–H groups in total. The molecule has 0 unspecified atom stereocenters. The van der Waals surface area contributed by atoms with Crippen molar-refractivity contribution in [2.75, 3.05) is 39.8 Å². The molecule has 1 aliphatic heterocycles. The molecule has 1 rings (SSSR count). The summed E-state index contributed by atoms with van der Waals surface area (Å²) in [7, 11) is 1.50. The van der Waals surface area contributed by atoms with E-state index in [-0.39, 0.29) is 5.91 Å². The van der Waals surface area contributed by atoms with Crippen molar-refractivity contribution in [3.05, 3.63) is 0 Å². The van der Waals surface area contributed by atoms with Crippen molar-refractivity contribution < 1.29 is 9.59 Å². The number of amides is 3. The van der Waals surface area contributed by atoms with E-state index in [0.29, 0.717) is 13.0 Å². The molecule has 110 valence electrons. The lowest BCUT2D eigenvalue weighted by atomic mass is 9.97. The van der Waals surface area contributed by atoms with Gasteiger partial charge in [0.15, 0.2) is 0 Å². The van der Waals surface area contributed by atoms with Crippen LogP contribution in [0.3, 0.4) is 0 Å². The highest BCUT2D eigenvalue weighted by Crippen LogP contribution is 2.13. The first-order chi connectivity index (χ1) is 9.15. The first kappa shape index (κ1) is 15.9. The number of hydrogen-bond acceptors (Lipinski definition) is 4. The molecule has 3 amide bonds. The van der Waals surface area contributed by atoms with Crippen LogP contribution in [-0.2, 0) is 4.79 Å². The summed E-state index contributed by atoms with van der Waals surface area (Å²) in [5.41, 5.74) is 0. The Hall–Kier alpha value is -1.14.